The van der Waals surface area contributed by atoms with Crippen LogP contribution in [0.15, 0.2) is 128 Å². The van der Waals surface area contributed by atoms with Crippen LogP contribution < -0.4 is 9.47 Å². The fourth-order valence-corrected chi connectivity index (χ4v) is 7.45. The molecule has 0 spiro atoms. The second-order valence-corrected chi connectivity index (χ2v) is 12.0. The van der Waals surface area contributed by atoms with E-state index in [2.05, 4.69) is 56.3 Å². The predicted molar refractivity (Wildman–Crippen MR) is 176 cm³/mol. The first-order valence-electron chi connectivity index (χ1n) is 14.2. The summed E-state index contributed by atoms with van der Waals surface area (Å²) in [6, 6.07) is 46.7. The fourth-order valence-electron chi connectivity index (χ4n) is 5.15. The van der Waals surface area contributed by atoms with Gasteiger partial charge in [0.15, 0.2) is 5.57 Å². The van der Waals surface area contributed by atoms with Crippen molar-refractivity contribution in [2.75, 3.05) is 0 Å². The van der Waals surface area contributed by atoms with Crippen LogP contribution in [-0.4, -0.2) is 19.9 Å². The van der Waals surface area contributed by atoms with Gasteiger partial charge in [-0.3, -0.25) is 0 Å². The number of nitrogens with zero attached hydrogens (tertiary/aromatic N) is 4. The molecule has 0 N–H and O–H groups in total. The number of pyridine rings is 2. The molecule has 0 saturated heterocycles. The minimum Gasteiger partial charge on any atom is -0.503 e. The molecule has 0 saturated carbocycles. The van der Waals surface area contributed by atoms with Gasteiger partial charge in [-0.1, -0.05) is 43.9 Å². The minimum absolute atomic E-state index is 0. The van der Waals surface area contributed by atoms with Gasteiger partial charge in [0.2, 0.25) is 0 Å². The summed E-state index contributed by atoms with van der Waals surface area (Å²) in [5.41, 5.74) is 4.08. The predicted octanol–water partition coefficient (Wildman–Crippen LogP) is 9.66. The van der Waals surface area contributed by atoms with E-state index in [9.17, 15) is 0 Å². The molecular formula is C38H21N4O2PPdPt. The average molecular weight is 898 g/mol. The van der Waals surface area contributed by atoms with Crippen LogP contribution in [0.1, 0.15) is 0 Å². The molecule has 230 valence electrons. The van der Waals surface area contributed by atoms with E-state index < -0.39 is 7.53 Å². The van der Waals surface area contributed by atoms with E-state index in [1.807, 2.05) is 91.0 Å². The molecule has 9 heteroatoms. The Balaban J connectivity index is 0.00000193. The van der Waals surface area contributed by atoms with Gasteiger partial charge in [-0.2, -0.15) is 22.9 Å². The van der Waals surface area contributed by atoms with E-state index >= 15 is 0 Å². The number of aromatic nitrogens is 4. The summed E-state index contributed by atoms with van der Waals surface area (Å²) in [6.45, 7) is 0. The molecule has 47 heavy (non-hydrogen) atoms. The number of hydrogen-bond acceptors (Lipinski definition) is 6. The summed E-state index contributed by atoms with van der Waals surface area (Å²) in [7, 11) is -1.17. The van der Waals surface area contributed by atoms with Crippen LogP contribution in [0.2, 0.25) is 0 Å². The Morgan fingerprint density at radius 1 is 0.447 bits per heavy atom. The van der Waals surface area contributed by atoms with Gasteiger partial charge < -0.3 is 19.4 Å². The van der Waals surface area contributed by atoms with E-state index in [0.717, 1.165) is 43.5 Å². The number of fused-ring (bicyclic) bond motifs is 3. The van der Waals surface area contributed by atoms with Gasteiger partial charge >= 0.3 is 41.5 Å². The first kappa shape index (κ1) is 32.5. The van der Waals surface area contributed by atoms with Crippen LogP contribution >= 0.6 is 7.53 Å². The summed E-state index contributed by atoms with van der Waals surface area (Å²) in [5, 5.41) is 4.05. The van der Waals surface area contributed by atoms with Crippen LogP contribution in [0.5, 0.6) is 23.0 Å². The van der Waals surface area contributed by atoms with Crippen LogP contribution in [0, 0.1) is 24.3 Å². The molecule has 0 atom stereocenters. The maximum Gasteiger partial charge on any atom is 2.00 e. The van der Waals surface area contributed by atoms with E-state index in [4.69, 9.17) is 9.47 Å². The SMILES string of the molecule is [Pd+2].[Pt+2].[c-]1c(Oc2[c-]c3c(cc2)c2ccc(Oc4[c-]c(-c5ccccn5)ccc4)[c-]c2p3-c2ncccn2)cccc1-c1ccccn1. The van der Waals surface area contributed by atoms with Crippen molar-refractivity contribution < 1.29 is 51.0 Å². The summed E-state index contributed by atoms with van der Waals surface area (Å²) < 4.78 is 12.6. The van der Waals surface area contributed by atoms with Crippen molar-refractivity contribution in [3.63, 3.8) is 0 Å². The molecule has 0 bridgehead atoms. The van der Waals surface area contributed by atoms with Gasteiger partial charge in [0.25, 0.3) is 0 Å². The Kier molecular flexibility index (Phi) is 10.0. The summed E-state index contributed by atoms with van der Waals surface area (Å²) >= 11 is 0. The van der Waals surface area contributed by atoms with Crippen molar-refractivity contribution in [2.24, 2.45) is 0 Å². The van der Waals surface area contributed by atoms with Crippen LogP contribution in [0.4, 0.5) is 0 Å². The Bertz CT molecular complexity index is 2150. The first-order chi connectivity index (χ1) is 22.3. The molecule has 8 aromatic rings. The van der Waals surface area contributed by atoms with E-state index in [1.54, 1.807) is 24.8 Å². The van der Waals surface area contributed by atoms with Gasteiger partial charge in [0, 0.05) is 47.8 Å². The molecule has 0 aliphatic heterocycles. The molecule has 0 aliphatic carbocycles. The fraction of sp³-hybridized carbons (Fsp3) is 0. The molecule has 4 heterocycles. The van der Waals surface area contributed by atoms with Gasteiger partial charge in [-0.25, -0.2) is 9.97 Å². The molecule has 0 fully saturated rings. The van der Waals surface area contributed by atoms with Crippen LogP contribution in [0.3, 0.4) is 0 Å². The van der Waals surface area contributed by atoms with E-state index in [1.165, 1.54) is 0 Å². The number of ether oxygens (including phenoxy) is 2. The largest absolute Gasteiger partial charge is 2.00 e. The Morgan fingerprint density at radius 2 is 0.915 bits per heavy atom. The molecule has 0 radical (unpaired) electrons. The van der Waals surface area contributed by atoms with Crippen LogP contribution in [-0.2, 0) is 41.5 Å². The van der Waals surface area contributed by atoms with Crippen LogP contribution in [0.25, 0.3) is 49.1 Å². The van der Waals surface area contributed by atoms with Crippen molar-refractivity contribution in [3.8, 4) is 51.1 Å². The van der Waals surface area contributed by atoms with Gasteiger partial charge in [0.05, 0.1) is 0 Å². The zero-order valence-corrected chi connectivity index (χ0v) is 29.0. The monoisotopic (exact) mass is 897 g/mol. The molecule has 0 amide bonds. The molecule has 6 nitrogen and oxygen atoms in total. The maximum absolute atomic E-state index is 6.29. The Labute approximate surface area is 300 Å². The Hall–Kier alpha value is -4.49. The average Bonchev–Trinajstić information content (AvgIpc) is 3.42. The first-order valence-corrected chi connectivity index (χ1v) is 15.6. The second kappa shape index (κ2) is 14.5. The van der Waals surface area contributed by atoms with E-state index in [-0.39, 0.29) is 41.5 Å². The third-order valence-electron chi connectivity index (χ3n) is 7.14. The van der Waals surface area contributed by atoms with Crippen molar-refractivity contribution in [1.29, 1.82) is 0 Å². The van der Waals surface area contributed by atoms with Crippen molar-refractivity contribution in [2.45, 2.75) is 0 Å². The van der Waals surface area contributed by atoms with Gasteiger partial charge in [-0.05, 0) is 29.6 Å². The number of benzene rings is 4. The summed E-state index contributed by atoms with van der Waals surface area (Å²) in [5.74, 6) is 2.32. The standard InChI is InChI=1S/C38H21N4O2P.Pd.Pt/c1-3-18-39-34(12-1)26-8-5-10-28(22-26)43-30-14-16-32-33-17-15-31(25-37(33)45(36(32)24-30)38-41-20-7-21-42-38)44-29-11-6-9-27(23-29)35-13-2-4-19-40-35;;/h1-21H;;/q-4;2*+2. The van der Waals surface area contributed by atoms with Crippen molar-refractivity contribution >= 4 is 28.5 Å². The van der Waals surface area contributed by atoms with Gasteiger partial charge in [-0.15, -0.1) is 82.0 Å². The van der Waals surface area contributed by atoms with Crippen molar-refractivity contribution in [1.82, 2.24) is 19.9 Å². The van der Waals surface area contributed by atoms with E-state index in [0.29, 0.717) is 28.6 Å². The molecule has 0 aliphatic rings. The molecule has 4 aromatic heterocycles. The smallest absolute Gasteiger partial charge is 0.503 e. The zero-order chi connectivity index (χ0) is 30.0. The molecule has 4 aromatic carbocycles. The third-order valence-corrected chi connectivity index (χ3v) is 9.37. The summed E-state index contributed by atoms with van der Waals surface area (Å²) in [4.78, 5) is 18.2. The quantitative estimate of drug-likeness (QED) is 0.117. The molecule has 0 unspecified atom stereocenters. The second-order valence-electron chi connectivity index (χ2n) is 10.0. The topological polar surface area (TPSA) is 70.0 Å². The normalized spacial score (nSPS) is 10.6. The maximum atomic E-state index is 6.29. The summed E-state index contributed by atoms with van der Waals surface area (Å²) in [6.07, 6.45) is 7.06. The zero-order valence-electron chi connectivity index (χ0n) is 24.3. The third kappa shape index (κ3) is 6.82. The molecular weight excluding hydrogens is 877 g/mol. The van der Waals surface area contributed by atoms with Gasteiger partial charge in [0.1, 0.15) is 0 Å². The number of hydrogen-bond donors (Lipinski definition) is 0. The molecule has 8 rings (SSSR count). The Morgan fingerprint density at radius 3 is 1.38 bits per heavy atom. The number of rotatable bonds is 7. The minimum atomic E-state index is -1.17. The van der Waals surface area contributed by atoms with Crippen molar-refractivity contribution in [3.05, 3.63) is 152 Å².